The number of halogens is 2. The lowest BCUT2D eigenvalue weighted by Gasteiger charge is -2.14. The molecule has 14 heavy (non-hydrogen) atoms. The molecule has 0 rings (SSSR count). The van der Waals surface area contributed by atoms with Crippen LogP contribution in [0.1, 0.15) is 58.8 Å². The second-order valence-electron chi connectivity index (χ2n) is 3.77. The molecule has 0 N–H and O–H groups in total. The molecular weight excluding hydrogens is 182 g/mol. The molecule has 0 aliphatic carbocycles. The highest BCUT2D eigenvalue weighted by Gasteiger charge is 2.26. The molecule has 2 heteroatoms. The zero-order chi connectivity index (χ0) is 10.9. The first-order chi connectivity index (χ1) is 6.62. The van der Waals surface area contributed by atoms with Crippen molar-refractivity contribution in [3.8, 4) is 0 Å². The molecule has 0 spiro atoms. The van der Waals surface area contributed by atoms with Crippen LogP contribution in [0.3, 0.4) is 0 Å². The van der Waals surface area contributed by atoms with E-state index in [1.807, 2.05) is 13.0 Å². The van der Waals surface area contributed by atoms with E-state index in [9.17, 15) is 8.78 Å². The number of rotatable bonds is 8. The normalized spacial score (nSPS) is 12.6. The number of hydrogen-bond donors (Lipinski definition) is 0. The van der Waals surface area contributed by atoms with Crippen molar-refractivity contribution in [3.63, 3.8) is 0 Å². The molecule has 0 atom stereocenters. The van der Waals surface area contributed by atoms with Gasteiger partial charge in [0.25, 0.3) is 0 Å². The van der Waals surface area contributed by atoms with Crippen molar-refractivity contribution in [2.24, 2.45) is 0 Å². The molecule has 0 aromatic carbocycles. The minimum Gasteiger partial charge on any atom is -0.207 e. The lowest BCUT2D eigenvalue weighted by Crippen LogP contribution is -2.14. The van der Waals surface area contributed by atoms with E-state index >= 15 is 0 Å². The molecule has 0 bridgehead atoms. The van der Waals surface area contributed by atoms with Crippen LogP contribution in [0.4, 0.5) is 8.78 Å². The molecule has 0 heterocycles. The van der Waals surface area contributed by atoms with Crippen LogP contribution in [0.5, 0.6) is 0 Å². The average molecular weight is 204 g/mol. The third-order valence-electron chi connectivity index (χ3n) is 2.26. The van der Waals surface area contributed by atoms with Crippen molar-refractivity contribution in [3.05, 3.63) is 12.2 Å². The van der Waals surface area contributed by atoms with Crippen LogP contribution < -0.4 is 0 Å². The second-order valence-corrected chi connectivity index (χ2v) is 3.77. The van der Waals surface area contributed by atoms with Gasteiger partial charge >= 0.3 is 0 Å². The molecule has 0 aromatic heterocycles. The van der Waals surface area contributed by atoms with Gasteiger partial charge in [0.05, 0.1) is 0 Å². The highest BCUT2D eigenvalue weighted by molar-refractivity contribution is 4.76. The minimum absolute atomic E-state index is 0.0435. The summed E-state index contributed by atoms with van der Waals surface area (Å²) < 4.78 is 26.0. The van der Waals surface area contributed by atoms with Gasteiger partial charge in [-0.05, 0) is 26.2 Å². The summed E-state index contributed by atoms with van der Waals surface area (Å²) in [5.74, 6) is -2.42. The lowest BCUT2D eigenvalue weighted by molar-refractivity contribution is -0.0189. The summed E-state index contributed by atoms with van der Waals surface area (Å²) >= 11 is 0. The number of allylic oxidation sites excluding steroid dienone is 2. The van der Waals surface area contributed by atoms with Crippen LogP contribution in [-0.2, 0) is 0 Å². The molecule has 84 valence electrons. The average Bonchev–Trinajstić information content (AvgIpc) is 2.11. The molecule has 0 aliphatic heterocycles. The molecule has 0 nitrogen and oxygen atoms in total. The van der Waals surface area contributed by atoms with Crippen molar-refractivity contribution < 1.29 is 8.78 Å². The Morgan fingerprint density at radius 1 is 1.07 bits per heavy atom. The van der Waals surface area contributed by atoms with Gasteiger partial charge in [0.15, 0.2) is 0 Å². The Hall–Kier alpha value is -0.400. The van der Waals surface area contributed by atoms with Gasteiger partial charge in [-0.2, -0.15) is 0 Å². The van der Waals surface area contributed by atoms with E-state index in [0.717, 1.165) is 19.3 Å². The first kappa shape index (κ1) is 13.6. The van der Waals surface area contributed by atoms with Crippen LogP contribution in [0, 0.1) is 0 Å². The molecule has 0 fully saturated rings. The topological polar surface area (TPSA) is 0 Å². The third-order valence-corrected chi connectivity index (χ3v) is 2.26. The van der Waals surface area contributed by atoms with Gasteiger partial charge in [-0.15, -0.1) is 0 Å². The predicted molar refractivity (Wildman–Crippen MR) is 57.8 cm³/mol. The van der Waals surface area contributed by atoms with Gasteiger partial charge in [0, 0.05) is 12.8 Å². The highest BCUT2D eigenvalue weighted by atomic mass is 19.3. The van der Waals surface area contributed by atoms with Gasteiger partial charge in [-0.3, -0.25) is 0 Å². The van der Waals surface area contributed by atoms with Crippen molar-refractivity contribution in [1.82, 2.24) is 0 Å². The largest absolute Gasteiger partial charge is 0.248 e. The van der Waals surface area contributed by atoms with E-state index in [1.54, 1.807) is 6.92 Å². The van der Waals surface area contributed by atoms with E-state index in [-0.39, 0.29) is 12.8 Å². The Morgan fingerprint density at radius 2 is 1.79 bits per heavy atom. The Labute approximate surface area is 86.4 Å². The van der Waals surface area contributed by atoms with E-state index in [0.29, 0.717) is 12.8 Å². The van der Waals surface area contributed by atoms with Crippen LogP contribution in [-0.4, -0.2) is 5.92 Å². The Bertz CT molecular complexity index is 150. The Morgan fingerprint density at radius 3 is 2.36 bits per heavy atom. The smallest absolute Gasteiger partial charge is 0.207 e. The highest BCUT2D eigenvalue weighted by Crippen LogP contribution is 2.26. The van der Waals surface area contributed by atoms with Gasteiger partial charge in [-0.1, -0.05) is 31.9 Å². The number of hydrogen-bond acceptors (Lipinski definition) is 0. The van der Waals surface area contributed by atoms with Crippen LogP contribution in [0.2, 0.25) is 0 Å². The van der Waals surface area contributed by atoms with E-state index < -0.39 is 5.92 Å². The maximum Gasteiger partial charge on any atom is 0.248 e. The second kappa shape index (κ2) is 7.95. The monoisotopic (exact) mass is 204 g/mol. The van der Waals surface area contributed by atoms with Gasteiger partial charge < -0.3 is 0 Å². The molecule has 0 saturated carbocycles. The molecular formula is C12H22F2. The summed E-state index contributed by atoms with van der Waals surface area (Å²) in [6, 6.07) is 0. The van der Waals surface area contributed by atoms with E-state index in [1.165, 1.54) is 0 Å². The quantitative estimate of drug-likeness (QED) is 0.387. The molecule has 0 amide bonds. The zero-order valence-corrected chi connectivity index (χ0v) is 9.36. The fourth-order valence-electron chi connectivity index (χ4n) is 1.48. The van der Waals surface area contributed by atoms with E-state index in [4.69, 9.17) is 0 Å². The first-order valence-corrected chi connectivity index (χ1v) is 5.61. The first-order valence-electron chi connectivity index (χ1n) is 5.61. The minimum atomic E-state index is -2.42. The van der Waals surface area contributed by atoms with Crippen LogP contribution in [0.25, 0.3) is 0 Å². The van der Waals surface area contributed by atoms with E-state index in [2.05, 4.69) is 6.08 Å². The van der Waals surface area contributed by atoms with Crippen molar-refractivity contribution >= 4 is 0 Å². The maximum atomic E-state index is 13.0. The summed E-state index contributed by atoms with van der Waals surface area (Å²) in [6.07, 6.45) is 8.41. The van der Waals surface area contributed by atoms with Crippen LogP contribution >= 0.6 is 0 Å². The molecule has 0 radical (unpaired) electrons. The van der Waals surface area contributed by atoms with Crippen molar-refractivity contribution in [2.45, 2.75) is 64.7 Å². The summed E-state index contributed by atoms with van der Waals surface area (Å²) in [5, 5.41) is 0. The summed E-state index contributed by atoms with van der Waals surface area (Å²) in [6.45, 7) is 3.79. The predicted octanol–water partition coefficient (Wildman–Crippen LogP) is 4.95. The number of alkyl halides is 2. The summed E-state index contributed by atoms with van der Waals surface area (Å²) in [4.78, 5) is 0. The van der Waals surface area contributed by atoms with Crippen molar-refractivity contribution in [2.75, 3.05) is 0 Å². The van der Waals surface area contributed by atoms with Gasteiger partial charge in [-0.25, -0.2) is 8.78 Å². The Kier molecular flexibility index (Phi) is 7.73. The van der Waals surface area contributed by atoms with Crippen LogP contribution in [0.15, 0.2) is 12.2 Å². The standard InChI is InChI=1S/C12H22F2/c1-3-5-6-7-8-9-11-12(13,14)10-4-2/h3,5H,4,6-11H2,1-2H3/b5-3+. The fourth-order valence-corrected chi connectivity index (χ4v) is 1.48. The number of unbranched alkanes of at least 4 members (excludes halogenated alkanes) is 3. The van der Waals surface area contributed by atoms with Gasteiger partial charge in [0.1, 0.15) is 0 Å². The lowest BCUT2D eigenvalue weighted by atomic mass is 10.0. The molecule has 0 saturated heterocycles. The Balaban J connectivity index is 3.34. The maximum absolute atomic E-state index is 13.0. The summed E-state index contributed by atoms with van der Waals surface area (Å²) in [7, 11) is 0. The third kappa shape index (κ3) is 8.21. The van der Waals surface area contributed by atoms with Gasteiger partial charge in [0.2, 0.25) is 5.92 Å². The van der Waals surface area contributed by atoms with Crippen molar-refractivity contribution in [1.29, 1.82) is 0 Å². The summed E-state index contributed by atoms with van der Waals surface area (Å²) in [5.41, 5.74) is 0. The molecule has 0 unspecified atom stereocenters. The SMILES string of the molecule is C/C=C/CCCCCC(F)(F)CCC. The fraction of sp³-hybridized carbons (Fsp3) is 0.833. The molecule has 0 aromatic rings. The molecule has 0 aliphatic rings. The zero-order valence-electron chi connectivity index (χ0n) is 9.36.